The van der Waals surface area contributed by atoms with Crippen molar-refractivity contribution in [1.82, 2.24) is 9.80 Å². The minimum absolute atomic E-state index is 0.938. The van der Waals surface area contributed by atoms with Crippen LogP contribution in [0.5, 0.6) is 0 Å². The van der Waals surface area contributed by atoms with Crippen LogP contribution in [0.25, 0.3) is 0 Å². The third kappa shape index (κ3) is 10.7. The largest absolute Gasteiger partial charge is 0.294 e. The van der Waals surface area contributed by atoms with E-state index in [9.17, 15) is 0 Å². The van der Waals surface area contributed by atoms with E-state index in [0.717, 1.165) is 143 Å². The van der Waals surface area contributed by atoms with Gasteiger partial charge in [-0.3, -0.25) is 9.80 Å². The van der Waals surface area contributed by atoms with Crippen molar-refractivity contribution in [3.63, 3.8) is 0 Å². The van der Waals surface area contributed by atoms with Crippen molar-refractivity contribution in [2.45, 2.75) is 344 Å². The van der Waals surface area contributed by atoms with Crippen molar-refractivity contribution in [2.24, 2.45) is 107 Å². The van der Waals surface area contributed by atoms with Crippen LogP contribution in [0.1, 0.15) is 308 Å². The second kappa shape index (κ2) is 23.8. The maximum atomic E-state index is 3.41. The highest BCUT2D eigenvalue weighted by atomic mass is 15.3. The van der Waals surface area contributed by atoms with Gasteiger partial charge < -0.3 is 0 Å². The second-order valence-electron chi connectivity index (χ2n) is 32.2. The van der Waals surface area contributed by atoms with Gasteiger partial charge in [-0.05, 0) is 261 Å². The summed E-state index contributed by atoms with van der Waals surface area (Å²) in [6.07, 6.45) is 76.0. The quantitative estimate of drug-likeness (QED) is 0.227. The molecule has 0 N–H and O–H groups in total. The zero-order valence-corrected chi connectivity index (χ0v) is 48.7. The molecule has 2 nitrogen and oxygen atoms in total. The topological polar surface area (TPSA) is 6.48 Å². The molecule has 0 radical (unpaired) electrons. The molecule has 0 bridgehead atoms. The van der Waals surface area contributed by atoms with Crippen LogP contribution in [0.3, 0.4) is 0 Å². The lowest BCUT2D eigenvalue weighted by atomic mass is 9.59. The lowest BCUT2D eigenvalue weighted by molar-refractivity contribution is 0.00691. The summed E-state index contributed by atoms with van der Waals surface area (Å²) < 4.78 is 0. The normalized spacial score (nSPS) is 49.1. The molecule has 2 aliphatic heterocycles. The molecule has 14 unspecified atom stereocenters. The molecule has 0 aromatic carbocycles. The Morgan fingerprint density at radius 3 is 0.703 bits per heavy atom. The van der Waals surface area contributed by atoms with E-state index in [4.69, 9.17) is 0 Å². The fraction of sp³-hybridized carbons (Fsp3) is 1.00. The number of nitrogens with zero attached hydrogens (tertiary/aromatic N) is 2. The van der Waals surface area contributed by atoms with Gasteiger partial charge in [-0.25, -0.2) is 0 Å². The van der Waals surface area contributed by atoms with Gasteiger partial charge >= 0.3 is 0 Å². The molecule has 418 valence electrons. The Kier molecular flexibility index (Phi) is 16.7. The molecule has 12 saturated carbocycles. The van der Waals surface area contributed by atoms with Gasteiger partial charge in [-0.15, -0.1) is 0 Å². The van der Waals surface area contributed by atoms with E-state index < -0.39 is 0 Å². The summed E-state index contributed by atoms with van der Waals surface area (Å²) in [6.45, 7) is 0. The van der Waals surface area contributed by atoms with E-state index in [0.29, 0.717) is 0 Å². The van der Waals surface area contributed by atoms with Crippen molar-refractivity contribution in [3.05, 3.63) is 0 Å². The summed E-state index contributed by atoms with van der Waals surface area (Å²) in [6, 6.07) is 5.73. The first-order chi connectivity index (χ1) is 36.7. The molecule has 0 aromatic heterocycles. The molecular formula is C72H120N2. The molecule has 2 saturated heterocycles. The maximum absolute atomic E-state index is 3.41. The van der Waals surface area contributed by atoms with Gasteiger partial charge in [0.15, 0.2) is 0 Å². The maximum Gasteiger partial charge on any atom is 0.0133 e. The van der Waals surface area contributed by atoms with E-state index in [2.05, 4.69) is 9.80 Å². The molecule has 14 rings (SSSR count). The van der Waals surface area contributed by atoms with Gasteiger partial charge in [0, 0.05) is 36.3 Å². The van der Waals surface area contributed by atoms with Crippen LogP contribution in [0, 0.1) is 107 Å². The van der Waals surface area contributed by atoms with Crippen molar-refractivity contribution < 1.29 is 0 Å². The van der Waals surface area contributed by atoms with Crippen molar-refractivity contribution in [2.75, 3.05) is 0 Å². The van der Waals surface area contributed by atoms with Crippen molar-refractivity contribution in [3.8, 4) is 0 Å². The molecular weight excluding hydrogens is 893 g/mol. The Balaban J connectivity index is 0.603. The zero-order chi connectivity index (χ0) is 49.0. The van der Waals surface area contributed by atoms with Crippen molar-refractivity contribution in [1.29, 1.82) is 0 Å². The molecule has 74 heavy (non-hydrogen) atoms. The average molecular weight is 1010 g/mol. The third-order valence-corrected chi connectivity index (χ3v) is 29.2. The number of fused-ring (bicyclic) bond motifs is 6. The fourth-order valence-corrected chi connectivity index (χ4v) is 25.9. The van der Waals surface area contributed by atoms with E-state index in [1.807, 2.05) is 0 Å². The Morgan fingerprint density at radius 1 is 0.149 bits per heavy atom. The molecule has 14 fully saturated rings. The van der Waals surface area contributed by atoms with Crippen LogP contribution < -0.4 is 0 Å². The first kappa shape index (κ1) is 52.0. The van der Waals surface area contributed by atoms with Gasteiger partial charge in [-0.2, -0.15) is 0 Å². The van der Waals surface area contributed by atoms with Gasteiger partial charge in [0.2, 0.25) is 0 Å². The van der Waals surface area contributed by atoms with Gasteiger partial charge in [-0.1, -0.05) is 154 Å². The summed E-state index contributed by atoms with van der Waals surface area (Å²) >= 11 is 0. The Labute approximate surface area is 458 Å². The van der Waals surface area contributed by atoms with Gasteiger partial charge in [0.1, 0.15) is 0 Å². The number of rotatable bonds is 9. The number of hydrogen-bond acceptors (Lipinski definition) is 2. The van der Waals surface area contributed by atoms with E-state index in [1.165, 1.54) is 38.5 Å². The van der Waals surface area contributed by atoms with Gasteiger partial charge in [0.05, 0.1) is 0 Å². The number of likely N-dealkylation sites (tertiary alicyclic amines) is 2. The molecule has 2 heterocycles. The average Bonchev–Trinajstić information content (AvgIpc) is 4.02. The molecule has 14 atom stereocenters. The van der Waals surface area contributed by atoms with Crippen LogP contribution in [0.15, 0.2) is 0 Å². The van der Waals surface area contributed by atoms with Crippen molar-refractivity contribution >= 4 is 0 Å². The van der Waals surface area contributed by atoms with Crippen LogP contribution in [-0.2, 0) is 0 Å². The highest BCUT2D eigenvalue weighted by molar-refractivity contribution is 5.10. The minimum Gasteiger partial charge on any atom is -0.294 e. The Hall–Kier alpha value is -0.0800. The predicted octanol–water partition coefficient (Wildman–Crippen LogP) is 19.8. The monoisotopic (exact) mass is 1010 g/mol. The van der Waals surface area contributed by atoms with Crippen LogP contribution >= 0.6 is 0 Å². The van der Waals surface area contributed by atoms with Crippen LogP contribution in [-0.4, -0.2) is 46.1 Å². The van der Waals surface area contributed by atoms with E-state index in [-0.39, 0.29) is 0 Å². The summed E-state index contributed by atoms with van der Waals surface area (Å²) in [7, 11) is 0. The second-order valence-corrected chi connectivity index (χ2v) is 32.2. The number of hydrogen-bond donors (Lipinski definition) is 0. The lowest BCUT2D eigenvalue weighted by Gasteiger charge is -2.49. The molecule has 0 amide bonds. The lowest BCUT2D eigenvalue weighted by Crippen LogP contribution is -2.50. The highest BCUT2D eigenvalue weighted by Gasteiger charge is 2.58. The van der Waals surface area contributed by atoms with E-state index >= 15 is 0 Å². The standard InChI is InChI=1S/C72H120N2/c1-5-17-49(18-6-1)57-41-58(50-19-7-2-8-20-50)44-61(43-57)53-29-35-63(36-30-53)73-69-27-15-13-25-65(69)67-47-55(33-39-71(67)73)56-34-40-72-68(48-56)66-26-14-16-28-70(66)74(72)64-37-31-54(32-38-64)62-45-59(51-21-9-3-10-22-51)42-60(46-62)52-23-11-4-12-24-52/h49-72H,1-48H2. The van der Waals surface area contributed by atoms with E-state index in [1.54, 1.807) is 270 Å². The highest BCUT2D eigenvalue weighted by Crippen LogP contribution is 2.60. The van der Waals surface area contributed by atoms with Gasteiger partial charge in [0.25, 0.3) is 0 Å². The SMILES string of the molecule is C1CCC(C2CC(C3CCCCC3)CC(C3CCC(N4C5CCCCC5C5CC(C6CCC7C(C6)C6CCCCC6N7C6CCC(C7CC(C8CCCCC8)CC(C8CCCCC8)C7)CC6)CCC54)CC3)C2)CC1. The summed E-state index contributed by atoms with van der Waals surface area (Å²) in [5.41, 5.74) is 0. The molecule has 12 aliphatic carbocycles. The molecule has 2 heteroatoms. The Morgan fingerprint density at radius 2 is 0.392 bits per heavy atom. The predicted molar refractivity (Wildman–Crippen MR) is 311 cm³/mol. The summed E-state index contributed by atoms with van der Waals surface area (Å²) in [4.78, 5) is 6.81. The Bertz CT molecular complexity index is 1550. The molecule has 0 spiro atoms. The summed E-state index contributed by atoms with van der Waals surface area (Å²) in [5, 5.41) is 0. The first-order valence-corrected chi connectivity index (χ1v) is 36.2. The third-order valence-electron chi connectivity index (χ3n) is 29.2. The van der Waals surface area contributed by atoms with Crippen LogP contribution in [0.4, 0.5) is 0 Å². The minimum atomic E-state index is 0.938. The zero-order valence-electron chi connectivity index (χ0n) is 48.7. The molecule has 14 aliphatic rings. The smallest absolute Gasteiger partial charge is 0.0133 e. The fourth-order valence-electron chi connectivity index (χ4n) is 25.9. The summed E-state index contributed by atoms with van der Waals surface area (Å²) in [5.74, 6) is 19.4. The first-order valence-electron chi connectivity index (χ1n) is 36.2. The molecule has 0 aromatic rings. The van der Waals surface area contributed by atoms with Crippen LogP contribution in [0.2, 0.25) is 0 Å².